The number of nitrogens with two attached hydrogens (primary N) is 1. The van der Waals surface area contributed by atoms with Gasteiger partial charge in [0.2, 0.25) is 0 Å². The van der Waals surface area contributed by atoms with Crippen molar-refractivity contribution >= 4 is 23.4 Å². The van der Waals surface area contributed by atoms with Crippen LogP contribution in [-0.4, -0.2) is 39.9 Å². The molecule has 7 heteroatoms. The Balaban J connectivity index is 1.90. The van der Waals surface area contributed by atoms with Gasteiger partial charge in [-0.25, -0.2) is 4.79 Å². The van der Waals surface area contributed by atoms with E-state index in [0.717, 1.165) is 12.8 Å². The van der Waals surface area contributed by atoms with Crippen LogP contribution in [0.1, 0.15) is 39.3 Å². The lowest BCUT2D eigenvalue weighted by Gasteiger charge is -2.31. The molecule has 1 aliphatic rings. The minimum absolute atomic E-state index is 0.200. The highest BCUT2D eigenvalue weighted by Gasteiger charge is 2.26. The topological polar surface area (TPSA) is 81.3 Å². The molecule has 1 aliphatic heterocycles. The third-order valence-corrected chi connectivity index (χ3v) is 3.52. The smallest absolute Gasteiger partial charge is 0.410 e. The summed E-state index contributed by atoms with van der Waals surface area (Å²) in [7, 11) is 0. The van der Waals surface area contributed by atoms with Gasteiger partial charge in [-0.3, -0.25) is 0 Å². The number of nitrogen functional groups attached to an aromatic ring is 1. The lowest BCUT2D eigenvalue weighted by atomic mass is 9.97. The van der Waals surface area contributed by atoms with Crippen LogP contribution >= 0.6 is 11.6 Å². The van der Waals surface area contributed by atoms with Gasteiger partial charge in [-0.1, -0.05) is 17.5 Å². The van der Waals surface area contributed by atoms with Crippen molar-refractivity contribution in [1.29, 1.82) is 0 Å². The first kappa shape index (κ1) is 17.4. The molecular formula is C16H21ClN4O2. The van der Waals surface area contributed by atoms with Crippen LogP contribution in [-0.2, 0) is 4.74 Å². The van der Waals surface area contributed by atoms with Crippen molar-refractivity contribution in [2.75, 3.05) is 18.8 Å². The van der Waals surface area contributed by atoms with Crippen LogP contribution in [0.2, 0.25) is 5.15 Å². The van der Waals surface area contributed by atoms with E-state index in [4.69, 9.17) is 22.1 Å². The van der Waals surface area contributed by atoms with Gasteiger partial charge < -0.3 is 15.4 Å². The zero-order chi connectivity index (χ0) is 17.0. The summed E-state index contributed by atoms with van der Waals surface area (Å²) in [4.78, 5) is 13.7. The lowest BCUT2D eigenvalue weighted by Crippen LogP contribution is -2.41. The van der Waals surface area contributed by atoms with Crippen molar-refractivity contribution in [3.63, 3.8) is 0 Å². The van der Waals surface area contributed by atoms with E-state index in [0.29, 0.717) is 24.5 Å². The van der Waals surface area contributed by atoms with Gasteiger partial charge in [-0.15, -0.1) is 10.2 Å². The predicted octanol–water partition coefficient (Wildman–Crippen LogP) is 2.71. The Hall–Kier alpha value is -2.00. The Labute approximate surface area is 141 Å². The molecule has 1 saturated heterocycles. The van der Waals surface area contributed by atoms with Gasteiger partial charge in [0.25, 0.3) is 0 Å². The molecule has 0 aliphatic carbocycles. The van der Waals surface area contributed by atoms with Crippen LogP contribution < -0.4 is 5.73 Å². The first-order valence-electron chi connectivity index (χ1n) is 7.53. The molecule has 1 aromatic heterocycles. The van der Waals surface area contributed by atoms with E-state index in [2.05, 4.69) is 22.0 Å². The Bertz CT molecular complexity index is 638. The normalized spacial score (nSPS) is 15.7. The van der Waals surface area contributed by atoms with E-state index in [1.807, 2.05) is 20.8 Å². The molecule has 2 rings (SSSR count). The number of piperidine rings is 1. The molecule has 0 atom stereocenters. The Morgan fingerprint density at radius 1 is 1.39 bits per heavy atom. The number of halogens is 1. The van der Waals surface area contributed by atoms with Gasteiger partial charge in [-0.05, 0) is 39.5 Å². The van der Waals surface area contributed by atoms with E-state index in [1.54, 1.807) is 4.90 Å². The third-order valence-electron chi connectivity index (χ3n) is 3.33. The number of aromatic nitrogens is 2. The van der Waals surface area contributed by atoms with Gasteiger partial charge >= 0.3 is 6.09 Å². The third kappa shape index (κ3) is 5.29. The second-order valence-corrected chi connectivity index (χ2v) is 6.87. The number of hydrogen-bond acceptors (Lipinski definition) is 5. The SMILES string of the molecule is CC(C)(C)OC(=O)N1CCC(C#Cc2nnc(Cl)cc2N)CC1. The summed E-state index contributed by atoms with van der Waals surface area (Å²) in [6.07, 6.45) is 1.33. The van der Waals surface area contributed by atoms with Crippen molar-refractivity contribution in [2.24, 2.45) is 5.92 Å². The number of carbonyl (C=O) groups is 1. The molecule has 2 N–H and O–H groups in total. The maximum absolute atomic E-state index is 12.0. The first-order valence-corrected chi connectivity index (χ1v) is 7.90. The lowest BCUT2D eigenvalue weighted by molar-refractivity contribution is 0.0199. The zero-order valence-electron chi connectivity index (χ0n) is 13.6. The number of ether oxygens (including phenoxy) is 1. The van der Waals surface area contributed by atoms with E-state index >= 15 is 0 Å². The quantitative estimate of drug-likeness (QED) is 0.737. The van der Waals surface area contributed by atoms with Crippen molar-refractivity contribution in [3.05, 3.63) is 16.9 Å². The number of rotatable bonds is 0. The second kappa shape index (κ2) is 7.05. The average Bonchev–Trinajstić information content (AvgIpc) is 2.45. The molecule has 0 saturated carbocycles. The molecule has 0 radical (unpaired) electrons. The minimum atomic E-state index is -0.474. The summed E-state index contributed by atoms with van der Waals surface area (Å²) in [5.74, 6) is 6.30. The molecule has 0 aromatic carbocycles. The fourth-order valence-corrected chi connectivity index (χ4v) is 2.34. The number of carbonyl (C=O) groups excluding carboxylic acids is 1. The Kier molecular flexibility index (Phi) is 5.32. The maximum Gasteiger partial charge on any atom is 0.410 e. The summed E-state index contributed by atoms with van der Waals surface area (Å²) in [6, 6.07) is 1.53. The summed E-state index contributed by atoms with van der Waals surface area (Å²) in [5.41, 5.74) is 6.18. The number of amides is 1. The molecule has 124 valence electrons. The van der Waals surface area contributed by atoms with Crippen LogP contribution in [0.5, 0.6) is 0 Å². The van der Waals surface area contributed by atoms with Crippen molar-refractivity contribution < 1.29 is 9.53 Å². The van der Waals surface area contributed by atoms with E-state index in [9.17, 15) is 4.79 Å². The van der Waals surface area contributed by atoms with E-state index in [1.165, 1.54) is 6.07 Å². The average molecular weight is 337 g/mol. The fraction of sp³-hybridized carbons (Fsp3) is 0.562. The molecule has 0 unspecified atom stereocenters. The molecule has 6 nitrogen and oxygen atoms in total. The number of likely N-dealkylation sites (tertiary alicyclic amines) is 1. The van der Waals surface area contributed by atoms with Crippen molar-refractivity contribution in [1.82, 2.24) is 15.1 Å². The number of anilines is 1. The molecule has 1 fully saturated rings. The van der Waals surface area contributed by atoms with Crippen molar-refractivity contribution in [2.45, 2.75) is 39.2 Å². The minimum Gasteiger partial charge on any atom is -0.444 e. The second-order valence-electron chi connectivity index (χ2n) is 6.48. The fourth-order valence-electron chi connectivity index (χ4n) is 2.18. The number of nitrogens with zero attached hydrogens (tertiary/aromatic N) is 3. The van der Waals surface area contributed by atoms with E-state index in [-0.39, 0.29) is 17.2 Å². The molecule has 0 spiro atoms. The Morgan fingerprint density at radius 2 is 2.04 bits per heavy atom. The summed E-state index contributed by atoms with van der Waals surface area (Å²) >= 11 is 5.71. The van der Waals surface area contributed by atoms with Gasteiger partial charge in [0.15, 0.2) is 10.8 Å². The highest BCUT2D eigenvalue weighted by molar-refractivity contribution is 6.29. The van der Waals surface area contributed by atoms with Gasteiger partial charge in [0.05, 0.1) is 5.69 Å². The summed E-state index contributed by atoms with van der Waals surface area (Å²) in [5, 5.41) is 7.87. The highest BCUT2D eigenvalue weighted by atomic mass is 35.5. The zero-order valence-corrected chi connectivity index (χ0v) is 14.4. The van der Waals surface area contributed by atoms with Gasteiger partial charge in [0, 0.05) is 25.1 Å². The summed E-state index contributed by atoms with van der Waals surface area (Å²) in [6.45, 7) is 6.86. The van der Waals surface area contributed by atoms with Crippen LogP contribution in [0.25, 0.3) is 0 Å². The van der Waals surface area contributed by atoms with Gasteiger partial charge in [0.1, 0.15) is 5.60 Å². The van der Waals surface area contributed by atoms with Crippen LogP contribution in [0.4, 0.5) is 10.5 Å². The molecule has 1 aromatic rings. The Morgan fingerprint density at radius 3 is 2.61 bits per heavy atom. The molecule has 23 heavy (non-hydrogen) atoms. The highest BCUT2D eigenvalue weighted by Crippen LogP contribution is 2.19. The molecule has 2 heterocycles. The summed E-state index contributed by atoms with van der Waals surface area (Å²) < 4.78 is 5.37. The number of hydrogen-bond donors (Lipinski definition) is 1. The monoisotopic (exact) mass is 336 g/mol. The first-order chi connectivity index (χ1) is 10.7. The van der Waals surface area contributed by atoms with E-state index < -0.39 is 5.60 Å². The van der Waals surface area contributed by atoms with Crippen LogP contribution in [0.3, 0.4) is 0 Å². The molecular weight excluding hydrogens is 316 g/mol. The standard InChI is InChI=1S/C16H21ClN4O2/c1-16(2,3)23-15(22)21-8-6-11(7-9-21)4-5-13-12(18)10-14(17)20-19-13/h10-11H,6-9H2,1-3H3,(H2,18,20). The van der Waals surface area contributed by atoms with Crippen LogP contribution in [0.15, 0.2) is 6.07 Å². The predicted molar refractivity (Wildman–Crippen MR) is 88.9 cm³/mol. The molecule has 0 bridgehead atoms. The van der Waals surface area contributed by atoms with Crippen molar-refractivity contribution in [3.8, 4) is 11.8 Å². The largest absolute Gasteiger partial charge is 0.444 e. The van der Waals surface area contributed by atoms with Gasteiger partial charge in [-0.2, -0.15) is 0 Å². The molecule has 1 amide bonds. The maximum atomic E-state index is 12.0. The van der Waals surface area contributed by atoms with Crippen LogP contribution in [0, 0.1) is 17.8 Å².